The fourth-order valence-corrected chi connectivity index (χ4v) is 1.63. The second-order valence-corrected chi connectivity index (χ2v) is 3.89. The van der Waals surface area contributed by atoms with Gasteiger partial charge in [-0.05, 0) is 19.3 Å². The second kappa shape index (κ2) is 10.8. The predicted molar refractivity (Wildman–Crippen MR) is 68.6 cm³/mol. The molecule has 0 spiro atoms. The van der Waals surface area contributed by atoms with Gasteiger partial charge in [-0.3, -0.25) is 4.79 Å². The molecule has 102 valence electrons. The van der Waals surface area contributed by atoms with Gasteiger partial charge < -0.3 is 20.1 Å². The van der Waals surface area contributed by atoms with Crippen LogP contribution in [-0.2, 0) is 14.3 Å². The molecule has 0 aliphatic carbocycles. The first kappa shape index (κ1) is 16.6. The van der Waals surface area contributed by atoms with Crippen molar-refractivity contribution in [3.63, 3.8) is 0 Å². The summed E-state index contributed by atoms with van der Waals surface area (Å²) in [7, 11) is 1.67. The van der Waals surface area contributed by atoms with Crippen molar-refractivity contribution in [2.75, 3.05) is 40.0 Å². The van der Waals surface area contributed by atoms with Gasteiger partial charge in [0.05, 0.1) is 6.61 Å². The van der Waals surface area contributed by atoms with E-state index in [9.17, 15) is 4.79 Å². The highest BCUT2D eigenvalue weighted by molar-refractivity contribution is 5.85. The second-order valence-electron chi connectivity index (χ2n) is 3.89. The van der Waals surface area contributed by atoms with Crippen LogP contribution in [0.3, 0.4) is 0 Å². The van der Waals surface area contributed by atoms with Gasteiger partial charge >= 0.3 is 0 Å². The van der Waals surface area contributed by atoms with Gasteiger partial charge in [0.2, 0.25) is 5.91 Å². The molecule has 1 aliphatic heterocycles. The van der Waals surface area contributed by atoms with Crippen LogP contribution < -0.4 is 10.6 Å². The molecule has 0 bridgehead atoms. The molecule has 0 aromatic heterocycles. The van der Waals surface area contributed by atoms with Crippen molar-refractivity contribution in [1.82, 2.24) is 10.6 Å². The van der Waals surface area contributed by atoms with Crippen molar-refractivity contribution in [3.8, 4) is 0 Å². The molecular formula is C11H23ClN2O3. The van der Waals surface area contributed by atoms with Crippen molar-refractivity contribution in [2.24, 2.45) is 0 Å². The zero-order valence-electron chi connectivity index (χ0n) is 10.4. The number of nitrogens with one attached hydrogen (secondary N) is 2. The summed E-state index contributed by atoms with van der Waals surface area (Å²) in [5, 5.41) is 6.03. The molecule has 1 fully saturated rings. The number of amides is 1. The maximum absolute atomic E-state index is 11.6. The first-order valence-corrected chi connectivity index (χ1v) is 5.93. The topological polar surface area (TPSA) is 59.6 Å². The molecule has 17 heavy (non-hydrogen) atoms. The fraction of sp³-hybridized carbons (Fsp3) is 0.909. The van der Waals surface area contributed by atoms with E-state index >= 15 is 0 Å². The molecule has 1 rings (SSSR count). The summed E-state index contributed by atoms with van der Waals surface area (Å²) in [6, 6.07) is 0. The van der Waals surface area contributed by atoms with Crippen LogP contribution in [-0.4, -0.2) is 52.0 Å². The van der Waals surface area contributed by atoms with E-state index in [-0.39, 0.29) is 24.4 Å². The number of carbonyl (C=O) groups excluding carboxylic acids is 1. The Kier molecular flexibility index (Phi) is 10.5. The molecule has 5 nitrogen and oxygen atoms in total. The molecule has 6 heteroatoms. The van der Waals surface area contributed by atoms with Crippen LogP contribution in [0, 0.1) is 0 Å². The SMILES string of the molecule is COCCNCCNC(=O)C1CCCCO1.Cl. The number of ether oxygens (including phenoxy) is 2. The van der Waals surface area contributed by atoms with Crippen LogP contribution in [0.4, 0.5) is 0 Å². The van der Waals surface area contributed by atoms with Gasteiger partial charge in [-0.25, -0.2) is 0 Å². The van der Waals surface area contributed by atoms with Crippen LogP contribution in [0.1, 0.15) is 19.3 Å². The molecule has 1 amide bonds. The van der Waals surface area contributed by atoms with Crippen LogP contribution in [0.25, 0.3) is 0 Å². The average molecular weight is 267 g/mol. The van der Waals surface area contributed by atoms with Crippen molar-refractivity contribution in [2.45, 2.75) is 25.4 Å². The van der Waals surface area contributed by atoms with E-state index in [0.29, 0.717) is 19.8 Å². The largest absolute Gasteiger partial charge is 0.383 e. The summed E-state index contributed by atoms with van der Waals surface area (Å²) in [6.07, 6.45) is 2.78. The predicted octanol–water partition coefficient (Wildman–Crippen LogP) is 0.329. The van der Waals surface area contributed by atoms with Crippen molar-refractivity contribution >= 4 is 18.3 Å². The molecule has 1 atom stereocenters. The minimum absolute atomic E-state index is 0. The maximum atomic E-state index is 11.6. The third-order valence-corrected chi connectivity index (χ3v) is 2.56. The monoisotopic (exact) mass is 266 g/mol. The number of hydrogen-bond donors (Lipinski definition) is 2. The van der Waals surface area contributed by atoms with Crippen molar-refractivity contribution in [3.05, 3.63) is 0 Å². The summed E-state index contributed by atoms with van der Waals surface area (Å²) >= 11 is 0. The number of rotatable bonds is 7. The quantitative estimate of drug-likeness (QED) is 0.652. The Hall–Kier alpha value is -0.360. The lowest BCUT2D eigenvalue weighted by atomic mass is 10.1. The van der Waals surface area contributed by atoms with Crippen LogP contribution >= 0.6 is 12.4 Å². The van der Waals surface area contributed by atoms with E-state index in [1.807, 2.05) is 0 Å². The van der Waals surface area contributed by atoms with Crippen molar-refractivity contribution in [1.29, 1.82) is 0 Å². The van der Waals surface area contributed by atoms with Crippen molar-refractivity contribution < 1.29 is 14.3 Å². The van der Waals surface area contributed by atoms with Crippen LogP contribution in [0.15, 0.2) is 0 Å². The molecule has 0 saturated carbocycles. The molecule has 2 N–H and O–H groups in total. The minimum atomic E-state index is -0.229. The lowest BCUT2D eigenvalue weighted by Crippen LogP contribution is -2.41. The normalized spacial score (nSPS) is 19.5. The average Bonchev–Trinajstić information content (AvgIpc) is 2.34. The Labute approximate surface area is 109 Å². The molecule has 1 unspecified atom stereocenters. The Balaban J connectivity index is 0.00000256. The number of halogens is 1. The van der Waals surface area contributed by atoms with E-state index in [1.165, 1.54) is 0 Å². The van der Waals surface area contributed by atoms with E-state index in [0.717, 1.165) is 32.4 Å². The number of hydrogen-bond acceptors (Lipinski definition) is 4. The molecule has 1 aliphatic rings. The van der Waals surface area contributed by atoms with E-state index in [1.54, 1.807) is 7.11 Å². The van der Waals surface area contributed by atoms with E-state index < -0.39 is 0 Å². The first-order valence-electron chi connectivity index (χ1n) is 5.93. The van der Waals surface area contributed by atoms with Gasteiger partial charge in [0.1, 0.15) is 6.10 Å². The molecule has 1 saturated heterocycles. The summed E-state index contributed by atoms with van der Waals surface area (Å²) in [6.45, 7) is 3.63. The molecule has 0 radical (unpaired) electrons. The Morgan fingerprint density at radius 1 is 1.35 bits per heavy atom. The van der Waals surface area contributed by atoms with Gasteiger partial charge in [0.25, 0.3) is 0 Å². The highest BCUT2D eigenvalue weighted by atomic mass is 35.5. The summed E-state index contributed by atoms with van der Waals surface area (Å²) < 4.78 is 10.3. The molecule has 0 aromatic rings. The third kappa shape index (κ3) is 7.54. The third-order valence-electron chi connectivity index (χ3n) is 2.56. The van der Waals surface area contributed by atoms with E-state index in [2.05, 4.69) is 10.6 Å². The smallest absolute Gasteiger partial charge is 0.249 e. The standard InChI is InChI=1S/C11H22N2O3.ClH/c1-15-9-7-12-5-6-13-11(14)10-4-2-3-8-16-10;/h10,12H,2-9H2,1H3,(H,13,14);1H. The summed E-state index contributed by atoms with van der Waals surface area (Å²) in [5.74, 6) is 0.0215. The first-order chi connectivity index (χ1) is 7.84. The van der Waals surface area contributed by atoms with Gasteiger partial charge in [-0.1, -0.05) is 0 Å². The summed E-state index contributed by atoms with van der Waals surface area (Å²) in [5.41, 5.74) is 0. The Morgan fingerprint density at radius 2 is 2.18 bits per heavy atom. The van der Waals surface area contributed by atoms with Gasteiger partial charge in [-0.2, -0.15) is 0 Å². The lowest BCUT2D eigenvalue weighted by molar-refractivity contribution is -0.135. The van der Waals surface area contributed by atoms with Crippen LogP contribution in [0.5, 0.6) is 0 Å². The zero-order valence-corrected chi connectivity index (χ0v) is 11.2. The molecule has 1 heterocycles. The number of methoxy groups -OCH3 is 1. The zero-order chi connectivity index (χ0) is 11.6. The highest BCUT2D eigenvalue weighted by Crippen LogP contribution is 2.12. The van der Waals surface area contributed by atoms with Gasteiger partial charge in [0.15, 0.2) is 0 Å². The minimum Gasteiger partial charge on any atom is -0.383 e. The molecular weight excluding hydrogens is 244 g/mol. The summed E-state index contributed by atoms with van der Waals surface area (Å²) in [4.78, 5) is 11.6. The highest BCUT2D eigenvalue weighted by Gasteiger charge is 2.20. The van der Waals surface area contributed by atoms with Gasteiger partial charge in [-0.15, -0.1) is 12.4 Å². The lowest BCUT2D eigenvalue weighted by Gasteiger charge is -2.21. The Morgan fingerprint density at radius 3 is 2.82 bits per heavy atom. The molecule has 0 aromatic carbocycles. The van der Waals surface area contributed by atoms with Crippen LogP contribution in [0.2, 0.25) is 0 Å². The fourth-order valence-electron chi connectivity index (χ4n) is 1.63. The Bertz CT molecular complexity index is 199. The van der Waals surface area contributed by atoms with E-state index in [4.69, 9.17) is 9.47 Å². The van der Waals surface area contributed by atoms with Gasteiger partial charge in [0, 0.05) is 33.4 Å². The number of carbonyl (C=O) groups is 1. The maximum Gasteiger partial charge on any atom is 0.249 e.